The Hall–Kier alpha value is -3.71. The minimum absolute atomic E-state index is 0.106. The third-order valence-electron chi connectivity index (χ3n) is 8.74. The number of H-pyrrole nitrogens is 2. The first-order chi connectivity index (χ1) is 20.2. The van der Waals surface area contributed by atoms with Crippen molar-refractivity contribution in [3.8, 4) is 33.6 Å². The van der Waals surface area contributed by atoms with E-state index in [-0.39, 0.29) is 22.8 Å². The summed E-state index contributed by atoms with van der Waals surface area (Å²) in [7, 11) is 0. The third kappa shape index (κ3) is 6.93. The number of imidazole rings is 2. The summed E-state index contributed by atoms with van der Waals surface area (Å²) in [5, 5.41) is 13.9. The van der Waals surface area contributed by atoms with Gasteiger partial charge in [0.1, 0.15) is 11.6 Å². The van der Waals surface area contributed by atoms with Gasteiger partial charge in [-0.2, -0.15) is 0 Å². The predicted octanol–water partition coefficient (Wildman–Crippen LogP) is 7.87. The fourth-order valence-corrected chi connectivity index (χ4v) is 5.99. The largest absolute Gasteiger partial charge is 0.392 e. The topological polar surface area (TPSA) is 107 Å². The highest BCUT2D eigenvalue weighted by Gasteiger charge is 2.44. The van der Waals surface area contributed by atoms with Crippen LogP contribution in [0.1, 0.15) is 91.8 Å². The Morgan fingerprint density at radius 3 is 1.95 bits per heavy atom. The van der Waals surface area contributed by atoms with Crippen LogP contribution in [0.4, 0.5) is 0 Å². The van der Waals surface area contributed by atoms with Gasteiger partial charge in [-0.15, -0.1) is 0 Å². The zero-order chi connectivity index (χ0) is 31.0. The molecular weight excluding hydrogens is 534 g/mol. The average Bonchev–Trinajstić information content (AvgIpc) is 3.62. The molecule has 2 aromatic carbocycles. The lowest BCUT2D eigenvalue weighted by Crippen LogP contribution is -2.51. The molecule has 7 nitrogen and oxygen atoms in total. The van der Waals surface area contributed by atoms with Crippen LogP contribution in [-0.2, 0) is 11.2 Å². The number of hydrogen-bond acceptors (Lipinski definition) is 4. The summed E-state index contributed by atoms with van der Waals surface area (Å²) in [5.41, 5.74) is 5.47. The van der Waals surface area contributed by atoms with E-state index in [1.54, 1.807) is 0 Å². The van der Waals surface area contributed by atoms with E-state index in [1.165, 1.54) is 0 Å². The summed E-state index contributed by atoms with van der Waals surface area (Å²) in [6, 6.07) is 16.7. The molecule has 1 aliphatic carbocycles. The SMILES string of the molecule is CC(C)(C)Cc1ncc(-c2ccc(-c3ccc(-c4cnc([C@@H](NC(=O)C5(C)CCCCC5O)C(C)(C)C)[nH]4)cc3)cc2)[nH]1. The molecule has 43 heavy (non-hydrogen) atoms. The van der Waals surface area contributed by atoms with Gasteiger partial charge in [0.15, 0.2) is 0 Å². The maximum Gasteiger partial charge on any atom is 0.229 e. The van der Waals surface area contributed by atoms with Crippen LogP contribution in [0.5, 0.6) is 0 Å². The Labute approximate surface area is 256 Å². The van der Waals surface area contributed by atoms with Gasteiger partial charge in [-0.1, -0.05) is 103 Å². The van der Waals surface area contributed by atoms with Crippen molar-refractivity contribution in [1.82, 2.24) is 25.3 Å². The van der Waals surface area contributed by atoms with Crippen molar-refractivity contribution in [1.29, 1.82) is 0 Å². The van der Waals surface area contributed by atoms with Gasteiger partial charge in [-0.3, -0.25) is 4.79 Å². The number of aromatic amines is 2. The monoisotopic (exact) mass is 581 g/mol. The van der Waals surface area contributed by atoms with Crippen molar-refractivity contribution >= 4 is 5.91 Å². The van der Waals surface area contributed by atoms with Crippen molar-refractivity contribution in [2.24, 2.45) is 16.2 Å². The van der Waals surface area contributed by atoms with Crippen molar-refractivity contribution in [2.45, 2.75) is 92.7 Å². The number of carbonyl (C=O) groups is 1. The number of hydrogen-bond donors (Lipinski definition) is 4. The lowest BCUT2D eigenvalue weighted by Gasteiger charge is -2.39. The summed E-state index contributed by atoms with van der Waals surface area (Å²) in [4.78, 5) is 29.7. The smallest absolute Gasteiger partial charge is 0.229 e. The Morgan fingerprint density at radius 1 is 0.884 bits per heavy atom. The van der Waals surface area contributed by atoms with E-state index in [0.29, 0.717) is 18.7 Å². The Kier molecular flexibility index (Phi) is 8.41. The Morgan fingerprint density at radius 2 is 1.42 bits per heavy atom. The summed E-state index contributed by atoms with van der Waals surface area (Å²) in [5.74, 6) is 1.62. The lowest BCUT2D eigenvalue weighted by atomic mass is 9.72. The third-order valence-corrected chi connectivity index (χ3v) is 8.74. The van der Waals surface area contributed by atoms with Gasteiger partial charge in [-0.05, 0) is 52.8 Å². The summed E-state index contributed by atoms with van der Waals surface area (Å²) < 4.78 is 0. The van der Waals surface area contributed by atoms with Crippen LogP contribution in [0.25, 0.3) is 33.6 Å². The van der Waals surface area contributed by atoms with Gasteiger partial charge in [-0.25, -0.2) is 9.97 Å². The highest BCUT2D eigenvalue weighted by Crippen LogP contribution is 2.39. The molecule has 2 unspecified atom stereocenters. The molecule has 5 rings (SSSR count). The number of rotatable bonds is 7. The number of aliphatic hydroxyl groups is 1. The molecule has 4 N–H and O–H groups in total. The molecule has 0 spiro atoms. The molecule has 1 amide bonds. The molecule has 3 atom stereocenters. The second-order valence-corrected chi connectivity index (χ2v) is 14.8. The predicted molar refractivity (Wildman–Crippen MR) is 173 cm³/mol. The van der Waals surface area contributed by atoms with E-state index in [4.69, 9.17) is 4.98 Å². The van der Waals surface area contributed by atoms with Crippen molar-refractivity contribution in [3.63, 3.8) is 0 Å². The zero-order valence-electron chi connectivity index (χ0n) is 26.7. The minimum atomic E-state index is -0.779. The fraction of sp³-hybridized carbons (Fsp3) is 0.472. The van der Waals surface area contributed by atoms with Crippen LogP contribution in [-0.4, -0.2) is 37.1 Å². The molecule has 1 fully saturated rings. The first kappa shape index (κ1) is 30.7. The average molecular weight is 582 g/mol. The maximum absolute atomic E-state index is 13.4. The molecule has 1 aliphatic rings. The molecule has 2 heterocycles. The number of benzene rings is 2. The minimum Gasteiger partial charge on any atom is -0.392 e. The molecule has 4 aromatic rings. The molecular formula is C36H47N5O2. The first-order valence-corrected chi connectivity index (χ1v) is 15.5. The molecule has 2 aromatic heterocycles. The number of nitrogens with one attached hydrogen (secondary N) is 3. The molecule has 0 aliphatic heterocycles. The van der Waals surface area contributed by atoms with E-state index < -0.39 is 11.5 Å². The number of aliphatic hydroxyl groups excluding tert-OH is 1. The van der Waals surface area contributed by atoms with Crippen LogP contribution in [0.3, 0.4) is 0 Å². The second-order valence-electron chi connectivity index (χ2n) is 14.8. The van der Waals surface area contributed by atoms with E-state index >= 15 is 0 Å². The molecule has 0 saturated heterocycles. The zero-order valence-corrected chi connectivity index (χ0v) is 26.7. The van der Waals surface area contributed by atoms with Crippen molar-refractivity contribution in [3.05, 3.63) is 72.6 Å². The van der Waals surface area contributed by atoms with Gasteiger partial charge in [0, 0.05) is 6.42 Å². The van der Waals surface area contributed by atoms with E-state index in [0.717, 1.165) is 58.7 Å². The Bertz CT molecular complexity index is 1540. The van der Waals surface area contributed by atoms with Crippen LogP contribution >= 0.6 is 0 Å². The Balaban J connectivity index is 1.29. The highest BCUT2D eigenvalue weighted by molar-refractivity contribution is 5.83. The molecule has 7 heteroatoms. The van der Waals surface area contributed by atoms with Crippen LogP contribution in [0.2, 0.25) is 0 Å². The lowest BCUT2D eigenvalue weighted by molar-refractivity contribution is -0.141. The molecule has 228 valence electrons. The normalized spacial score (nSPS) is 20.1. The fourth-order valence-electron chi connectivity index (χ4n) is 5.99. The molecule has 0 radical (unpaired) electrons. The number of amides is 1. The van der Waals surface area contributed by atoms with Gasteiger partial charge < -0.3 is 20.4 Å². The van der Waals surface area contributed by atoms with Crippen molar-refractivity contribution in [2.75, 3.05) is 0 Å². The van der Waals surface area contributed by atoms with Gasteiger partial charge >= 0.3 is 0 Å². The van der Waals surface area contributed by atoms with E-state index in [9.17, 15) is 9.90 Å². The first-order valence-electron chi connectivity index (χ1n) is 15.5. The summed E-state index contributed by atoms with van der Waals surface area (Å²) in [6.07, 6.45) is 7.30. The second kappa shape index (κ2) is 11.8. The standard InChI is InChI=1S/C36H47N5O2/c1-34(2,3)20-30-37-21-27(39-30)25-15-11-23(12-16-25)24-13-17-26(18-14-24)28-22-38-32(40-28)31(35(4,5)6)41-33(43)36(7)19-9-8-10-29(36)42/h11-18,21-22,29,31,42H,8-10,19-20H2,1-7H3,(H,37,39)(H,38,40)(H,41,43)/t29?,31-,36?/m1/s1. The van der Waals surface area contributed by atoms with Gasteiger partial charge in [0.05, 0.1) is 41.3 Å². The summed E-state index contributed by atoms with van der Waals surface area (Å²) >= 11 is 0. The highest BCUT2D eigenvalue weighted by atomic mass is 16.3. The van der Waals surface area contributed by atoms with Crippen LogP contribution in [0, 0.1) is 16.2 Å². The van der Waals surface area contributed by atoms with Crippen LogP contribution < -0.4 is 5.32 Å². The van der Waals surface area contributed by atoms with Crippen LogP contribution in [0.15, 0.2) is 60.9 Å². The molecule has 0 bridgehead atoms. The number of nitrogens with zero attached hydrogens (tertiary/aromatic N) is 2. The molecule has 1 saturated carbocycles. The van der Waals surface area contributed by atoms with E-state index in [1.807, 2.05) is 19.3 Å². The maximum atomic E-state index is 13.4. The van der Waals surface area contributed by atoms with Gasteiger partial charge in [0.2, 0.25) is 5.91 Å². The quantitative estimate of drug-likeness (QED) is 0.178. The van der Waals surface area contributed by atoms with Crippen molar-refractivity contribution < 1.29 is 9.90 Å². The number of carbonyl (C=O) groups excluding carboxylic acids is 1. The number of aromatic nitrogens is 4. The van der Waals surface area contributed by atoms with E-state index in [2.05, 4.69) is 110 Å². The van der Waals surface area contributed by atoms with Gasteiger partial charge in [0.25, 0.3) is 0 Å². The summed E-state index contributed by atoms with van der Waals surface area (Å²) in [6.45, 7) is 14.8.